The zero-order chi connectivity index (χ0) is 15.5. The smallest absolute Gasteiger partial charge is 0.135 e. The second kappa shape index (κ2) is 5.98. The summed E-state index contributed by atoms with van der Waals surface area (Å²) in [4.78, 5) is 0. The van der Waals surface area contributed by atoms with Gasteiger partial charge in [-0.1, -0.05) is 84.9 Å². The first-order valence-electron chi connectivity index (χ1n) is 7.71. The summed E-state index contributed by atoms with van der Waals surface area (Å²) in [5, 5.41) is 0. The summed E-state index contributed by atoms with van der Waals surface area (Å²) >= 11 is 0. The quantitative estimate of drug-likeness (QED) is 0.588. The molecule has 0 unspecified atom stereocenters. The summed E-state index contributed by atoms with van der Waals surface area (Å²) in [6.07, 6.45) is 4.22. The second-order valence-corrected chi connectivity index (χ2v) is 5.48. The lowest BCUT2D eigenvalue weighted by atomic mass is 10.0. The van der Waals surface area contributed by atoms with Crippen molar-refractivity contribution in [2.75, 3.05) is 0 Å². The van der Waals surface area contributed by atoms with Gasteiger partial charge in [-0.25, -0.2) is 0 Å². The van der Waals surface area contributed by atoms with Crippen molar-refractivity contribution in [2.45, 2.75) is 0 Å². The standard InChI is InChI=1S/C22H16O/c1-3-9-17(10-4-1)21-15-19-13-7-8-14-20(19)16-22(23-21)18-11-5-2-6-12-18/h1-16H. The first-order valence-corrected chi connectivity index (χ1v) is 7.71. The maximum absolute atomic E-state index is 6.29. The summed E-state index contributed by atoms with van der Waals surface area (Å²) in [5.41, 5.74) is 4.48. The summed E-state index contributed by atoms with van der Waals surface area (Å²) < 4.78 is 6.29. The number of hydrogen-bond donors (Lipinski definition) is 0. The van der Waals surface area contributed by atoms with E-state index < -0.39 is 0 Å². The Kier molecular flexibility index (Phi) is 3.53. The van der Waals surface area contributed by atoms with E-state index in [1.54, 1.807) is 0 Å². The van der Waals surface area contributed by atoms with Crippen LogP contribution in [-0.2, 0) is 4.74 Å². The molecule has 0 spiro atoms. The molecular formula is C22H16O. The van der Waals surface area contributed by atoms with Crippen molar-refractivity contribution in [3.8, 4) is 0 Å². The average molecular weight is 296 g/mol. The molecule has 110 valence electrons. The van der Waals surface area contributed by atoms with Crippen LogP contribution >= 0.6 is 0 Å². The molecule has 0 amide bonds. The van der Waals surface area contributed by atoms with Crippen molar-refractivity contribution < 1.29 is 4.74 Å². The van der Waals surface area contributed by atoms with E-state index in [-0.39, 0.29) is 0 Å². The van der Waals surface area contributed by atoms with E-state index >= 15 is 0 Å². The van der Waals surface area contributed by atoms with E-state index in [1.165, 1.54) is 0 Å². The van der Waals surface area contributed by atoms with Gasteiger partial charge in [0.1, 0.15) is 11.5 Å². The van der Waals surface area contributed by atoms with Crippen LogP contribution in [0.5, 0.6) is 0 Å². The van der Waals surface area contributed by atoms with Gasteiger partial charge in [-0.15, -0.1) is 0 Å². The lowest BCUT2D eigenvalue weighted by Crippen LogP contribution is -1.92. The molecule has 0 aliphatic carbocycles. The van der Waals surface area contributed by atoms with Crippen LogP contribution in [-0.4, -0.2) is 0 Å². The number of ether oxygens (including phenoxy) is 1. The minimum atomic E-state index is 0.866. The molecule has 0 saturated heterocycles. The normalized spacial score (nSPS) is 13.2. The Morgan fingerprint density at radius 1 is 0.435 bits per heavy atom. The zero-order valence-corrected chi connectivity index (χ0v) is 12.6. The highest BCUT2D eigenvalue weighted by molar-refractivity contribution is 5.91. The molecule has 1 aliphatic heterocycles. The number of rotatable bonds is 2. The zero-order valence-electron chi connectivity index (χ0n) is 12.6. The molecule has 0 saturated carbocycles. The third kappa shape index (κ3) is 2.82. The topological polar surface area (TPSA) is 9.23 Å². The molecule has 3 aromatic rings. The predicted octanol–water partition coefficient (Wildman–Crippen LogP) is 5.71. The fourth-order valence-corrected chi connectivity index (χ4v) is 2.72. The fraction of sp³-hybridized carbons (Fsp3) is 0. The lowest BCUT2D eigenvalue weighted by Gasteiger charge is -2.12. The second-order valence-electron chi connectivity index (χ2n) is 5.48. The van der Waals surface area contributed by atoms with Crippen molar-refractivity contribution in [3.05, 3.63) is 107 Å². The Balaban J connectivity index is 1.87. The van der Waals surface area contributed by atoms with E-state index in [1.807, 2.05) is 36.4 Å². The maximum atomic E-state index is 6.29. The molecule has 0 radical (unpaired) electrons. The summed E-state index contributed by atoms with van der Waals surface area (Å²) in [5.74, 6) is 1.73. The van der Waals surface area contributed by atoms with E-state index in [0.717, 1.165) is 33.8 Å². The van der Waals surface area contributed by atoms with Gasteiger partial charge in [0.15, 0.2) is 0 Å². The highest BCUT2D eigenvalue weighted by Gasteiger charge is 2.14. The first kappa shape index (κ1) is 13.6. The Labute approximate surface area is 136 Å². The largest absolute Gasteiger partial charge is 0.456 e. The lowest BCUT2D eigenvalue weighted by molar-refractivity contribution is 0.478. The third-order valence-corrected chi connectivity index (χ3v) is 3.91. The molecule has 0 bridgehead atoms. The predicted molar refractivity (Wildman–Crippen MR) is 96.2 cm³/mol. The molecule has 1 heteroatoms. The van der Waals surface area contributed by atoms with Crippen molar-refractivity contribution in [2.24, 2.45) is 0 Å². The van der Waals surface area contributed by atoms with Gasteiger partial charge in [0.2, 0.25) is 0 Å². The van der Waals surface area contributed by atoms with Gasteiger partial charge in [-0.3, -0.25) is 0 Å². The van der Waals surface area contributed by atoms with Crippen molar-refractivity contribution in [3.63, 3.8) is 0 Å². The van der Waals surface area contributed by atoms with Crippen LogP contribution in [0.15, 0.2) is 84.9 Å². The number of fused-ring (bicyclic) bond motifs is 1. The summed E-state index contributed by atoms with van der Waals surface area (Å²) in [6.45, 7) is 0. The van der Waals surface area contributed by atoms with Gasteiger partial charge in [-0.2, -0.15) is 0 Å². The van der Waals surface area contributed by atoms with Crippen LogP contribution < -0.4 is 0 Å². The van der Waals surface area contributed by atoms with E-state index in [4.69, 9.17) is 4.74 Å². The third-order valence-electron chi connectivity index (χ3n) is 3.91. The van der Waals surface area contributed by atoms with Crippen LogP contribution in [0.1, 0.15) is 22.3 Å². The molecule has 0 N–H and O–H groups in total. The fourth-order valence-electron chi connectivity index (χ4n) is 2.72. The monoisotopic (exact) mass is 296 g/mol. The SMILES string of the molecule is C1=C(c2ccccc2)OC(c2ccccc2)=Cc2ccccc21. The highest BCUT2D eigenvalue weighted by Crippen LogP contribution is 2.33. The first-order chi connectivity index (χ1) is 11.4. The summed E-state index contributed by atoms with van der Waals surface area (Å²) in [6, 6.07) is 28.8. The number of benzene rings is 3. The van der Waals surface area contributed by atoms with Gasteiger partial charge in [0.05, 0.1) is 0 Å². The van der Waals surface area contributed by atoms with E-state index in [2.05, 4.69) is 60.7 Å². The Bertz CT molecular complexity index is 800. The van der Waals surface area contributed by atoms with Crippen LogP contribution in [0, 0.1) is 0 Å². The van der Waals surface area contributed by atoms with Crippen LogP contribution in [0.3, 0.4) is 0 Å². The molecule has 0 atom stereocenters. The van der Waals surface area contributed by atoms with E-state index in [9.17, 15) is 0 Å². The van der Waals surface area contributed by atoms with Crippen molar-refractivity contribution in [1.82, 2.24) is 0 Å². The molecule has 23 heavy (non-hydrogen) atoms. The van der Waals surface area contributed by atoms with Crippen molar-refractivity contribution in [1.29, 1.82) is 0 Å². The van der Waals surface area contributed by atoms with Gasteiger partial charge in [0, 0.05) is 11.1 Å². The molecule has 1 heterocycles. The Morgan fingerprint density at radius 3 is 1.26 bits per heavy atom. The Morgan fingerprint density at radius 2 is 0.826 bits per heavy atom. The van der Waals surface area contributed by atoms with Gasteiger partial charge >= 0.3 is 0 Å². The van der Waals surface area contributed by atoms with E-state index in [0.29, 0.717) is 0 Å². The van der Waals surface area contributed by atoms with Crippen molar-refractivity contribution >= 4 is 23.7 Å². The molecule has 0 aromatic heterocycles. The van der Waals surface area contributed by atoms with Crippen LogP contribution in [0.2, 0.25) is 0 Å². The Hall–Kier alpha value is -3.06. The highest BCUT2D eigenvalue weighted by atomic mass is 16.5. The molecular weight excluding hydrogens is 280 g/mol. The average Bonchev–Trinajstić information content (AvgIpc) is 2.83. The van der Waals surface area contributed by atoms with Gasteiger partial charge in [-0.05, 0) is 23.3 Å². The maximum Gasteiger partial charge on any atom is 0.135 e. The number of hydrogen-bond acceptors (Lipinski definition) is 1. The van der Waals surface area contributed by atoms with Crippen LogP contribution in [0.25, 0.3) is 23.7 Å². The molecule has 4 rings (SSSR count). The molecule has 1 nitrogen and oxygen atoms in total. The minimum absolute atomic E-state index is 0.866. The molecule has 1 aliphatic rings. The van der Waals surface area contributed by atoms with Gasteiger partial charge < -0.3 is 4.74 Å². The summed E-state index contributed by atoms with van der Waals surface area (Å²) in [7, 11) is 0. The molecule has 3 aromatic carbocycles. The molecule has 0 fully saturated rings. The van der Waals surface area contributed by atoms with Crippen LogP contribution in [0.4, 0.5) is 0 Å². The minimum Gasteiger partial charge on any atom is -0.456 e. The van der Waals surface area contributed by atoms with Gasteiger partial charge in [0.25, 0.3) is 0 Å².